The first-order valence-electron chi connectivity index (χ1n) is 7.38. The predicted octanol–water partition coefficient (Wildman–Crippen LogP) is 1.88. The Bertz CT molecular complexity index is 568. The second-order valence-corrected chi connectivity index (χ2v) is 7.23. The first kappa shape index (κ1) is 16.3. The summed E-state index contributed by atoms with van der Waals surface area (Å²) >= 11 is 0. The minimum absolute atomic E-state index is 0.212. The van der Waals surface area contributed by atoms with Crippen molar-refractivity contribution < 1.29 is 13.2 Å². The van der Waals surface area contributed by atoms with E-state index in [9.17, 15) is 8.42 Å². The minimum Gasteiger partial charge on any atom is -0.495 e. The van der Waals surface area contributed by atoms with Crippen LogP contribution in [-0.4, -0.2) is 29.1 Å². The maximum Gasteiger partial charge on any atom is 0.244 e. The average Bonchev–Trinajstić information content (AvgIpc) is 3.28. The van der Waals surface area contributed by atoms with E-state index in [1.165, 1.54) is 20.0 Å². The highest BCUT2D eigenvalue weighted by Crippen LogP contribution is 2.33. The monoisotopic (exact) mass is 312 g/mol. The topological polar surface area (TPSA) is 67.4 Å². The van der Waals surface area contributed by atoms with Crippen LogP contribution in [0.5, 0.6) is 5.75 Å². The fourth-order valence-electron chi connectivity index (χ4n) is 2.33. The molecule has 0 aromatic heterocycles. The minimum atomic E-state index is -3.52. The molecule has 0 saturated heterocycles. The first-order chi connectivity index (χ1) is 10.1. The number of methoxy groups -OCH3 is 1. The van der Waals surface area contributed by atoms with Gasteiger partial charge in [0.2, 0.25) is 10.0 Å². The van der Waals surface area contributed by atoms with Gasteiger partial charge in [0.25, 0.3) is 0 Å². The quantitative estimate of drug-likeness (QED) is 0.683. The lowest BCUT2D eigenvalue weighted by molar-refractivity contribution is 0.402. The second-order valence-electron chi connectivity index (χ2n) is 5.50. The van der Waals surface area contributed by atoms with E-state index in [1.54, 1.807) is 12.1 Å². The molecule has 1 aliphatic rings. The molecular formula is C15H24N2O3S. The van der Waals surface area contributed by atoms with Gasteiger partial charge in [-0.1, -0.05) is 18.9 Å². The van der Waals surface area contributed by atoms with Gasteiger partial charge in [-0.25, -0.2) is 13.1 Å². The van der Waals surface area contributed by atoms with Gasteiger partial charge >= 0.3 is 0 Å². The van der Waals surface area contributed by atoms with Gasteiger partial charge in [0, 0.05) is 13.1 Å². The molecule has 21 heavy (non-hydrogen) atoms. The van der Waals surface area contributed by atoms with Crippen LogP contribution in [0.25, 0.3) is 0 Å². The molecule has 0 aliphatic heterocycles. The van der Waals surface area contributed by atoms with Crippen molar-refractivity contribution in [3.8, 4) is 5.75 Å². The third kappa shape index (κ3) is 4.69. The molecule has 1 fully saturated rings. The van der Waals surface area contributed by atoms with Crippen LogP contribution in [0.4, 0.5) is 0 Å². The Hall–Kier alpha value is -1.11. The van der Waals surface area contributed by atoms with E-state index < -0.39 is 10.0 Å². The number of hydrogen-bond acceptors (Lipinski definition) is 4. The van der Waals surface area contributed by atoms with Crippen LogP contribution in [-0.2, 0) is 16.6 Å². The van der Waals surface area contributed by atoms with Crippen LogP contribution in [0.1, 0.15) is 31.2 Å². The van der Waals surface area contributed by atoms with Crippen LogP contribution in [0.3, 0.4) is 0 Å². The van der Waals surface area contributed by atoms with Gasteiger partial charge in [0.05, 0.1) is 7.11 Å². The molecule has 5 nitrogen and oxygen atoms in total. The van der Waals surface area contributed by atoms with E-state index in [4.69, 9.17) is 4.74 Å². The highest BCUT2D eigenvalue weighted by atomic mass is 32.2. The summed E-state index contributed by atoms with van der Waals surface area (Å²) in [5.74, 6) is 1.20. The Labute approximate surface area is 127 Å². The number of hydrogen-bond donors (Lipinski definition) is 2. The van der Waals surface area contributed by atoms with Gasteiger partial charge in [-0.05, 0) is 43.5 Å². The van der Waals surface area contributed by atoms with Crippen molar-refractivity contribution in [3.05, 3.63) is 23.8 Å². The van der Waals surface area contributed by atoms with Crippen LogP contribution in [0.2, 0.25) is 0 Å². The molecule has 1 aromatic carbocycles. The van der Waals surface area contributed by atoms with E-state index in [1.807, 2.05) is 13.1 Å². The number of sulfonamides is 1. The summed E-state index contributed by atoms with van der Waals surface area (Å²) in [4.78, 5) is 0.212. The van der Waals surface area contributed by atoms with Crippen LogP contribution in [0, 0.1) is 5.92 Å². The molecule has 1 aliphatic carbocycles. The van der Waals surface area contributed by atoms with E-state index in [2.05, 4.69) is 10.0 Å². The fourth-order valence-corrected chi connectivity index (χ4v) is 3.62. The fraction of sp³-hybridized carbons (Fsp3) is 0.600. The lowest BCUT2D eigenvalue weighted by Gasteiger charge is -2.12. The van der Waals surface area contributed by atoms with Crippen molar-refractivity contribution in [2.24, 2.45) is 5.92 Å². The Morgan fingerprint density at radius 3 is 2.71 bits per heavy atom. The molecule has 2 N–H and O–H groups in total. The van der Waals surface area contributed by atoms with Gasteiger partial charge in [0.1, 0.15) is 10.6 Å². The summed E-state index contributed by atoms with van der Waals surface area (Å²) in [6, 6.07) is 5.23. The summed E-state index contributed by atoms with van der Waals surface area (Å²) in [6.07, 6.45) is 4.60. The van der Waals surface area contributed by atoms with Crippen molar-refractivity contribution in [1.29, 1.82) is 0 Å². The number of rotatable bonds is 9. The molecule has 1 aromatic rings. The Balaban J connectivity index is 2.06. The predicted molar refractivity (Wildman–Crippen MR) is 82.9 cm³/mol. The van der Waals surface area contributed by atoms with Crippen LogP contribution >= 0.6 is 0 Å². The Kier molecular flexibility index (Phi) is 5.61. The molecule has 2 rings (SSSR count). The van der Waals surface area contributed by atoms with Crippen LogP contribution < -0.4 is 14.8 Å². The molecule has 0 amide bonds. The smallest absolute Gasteiger partial charge is 0.244 e. The standard InChI is InChI=1S/C15H24N2O3S/c1-16-11-13-7-8-14(20-2)15(10-13)21(18,19)17-9-3-4-12-5-6-12/h7-8,10,12,16-17H,3-6,9,11H2,1-2H3. The van der Waals surface area contributed by atoms with Crippen LogP contribution in [0.15, 0.2) is 23.1 Å². The lowest BCUT2D eigenvalue weighted by Crippen LogP contribution is -2.25. The van der Waals surface area contributed by atoms with Gasteiger partial charge in [-0.15, -0.1) is 0 Å². The largest absolute Gasteiger partial charge is 0.495 e. The molecular weight excluding hydrogens is 288 g/mol. The zero-order chi connectivity index (χ0) is 15.3. The third-order valence-electron chi connectivity index (χ3n) is 3.68. The number of nitrogens with one attached hydrogen (secondary N) is 2. The second kappa shape index (κ2) is 7.24. The highest BCUT2D eigenvalue weighted by molar-refractivity contribution is 7.89. The number of ether oxygens (including phenoxy) is 1. The summed E-state index contributed by atoms with van der Waals surface area (Å²) in [6.45, 7) is 1.10. The SMILES string of the molecule is CNCc1ccc(OC)c(S(=O)(=O)NCCCC2CC2)c1. The summed E-state index contributed by atoms with van der Waals surface area (Å²) < 4.78 is 32.7. The first-order valence-corrected chi connectivity index (χ1v) is 8.86. The van der Waals surface area contributed by atoms with E-state index in [0.717, 1.165) is 24.3 Å². The van der Waals surface area contributed by atoms with Crippen molar-refractivity contribution in [3.63, 3.8) is 0 Å². The number of benzene rings is 1. The maximum absolute atomic E-state index is 12.4. The Morgan fingerprint density at radius 2 is 2.10 bits per heavy atom. The zero-order valence-electron chi connectivity index (χ0n) is 12.7. The van der Waals surface area contributed by atoms with Crippen molar-refractivity contribution in [1.82, 2.24) is 10.0 Å². The zero-order valence-corrected chi connectivity index (χ0v) is 13.5. The highest BCUT2D eigenvalue weighted by Gasteiger charge is 2.22. The molecule has 0 bridgehead atoms. The third-order valence-corrected chi connectivity index (χ3v) is 5.16. The lowest BCUT2D eigenvalue weighted by atomic mass is 10.2. The molecule has 1 saturated carbocycles. The van der Waals surface area contributed by atoms with Crippen molar-refractivity contribution in [2.75, 3.05) is 20.7 Å². The molecule has 0 spiro atoms. The Morgan fingerprint density at radius 1 is 1.33 bits per heavy atom. The molecule has 118 valence electrons. The summed E-state index contributed by atoms with van der Waals surface area (Å²) in [7, 11) is -0.211. The molecule has 0 radical (unpaired) electrons. The average molecular weight is 312 g/mol. The van der Waals surface area contributed by atoms with Gasteiger partial charge in [-0.2, -0.15) is 0 Å². The molecule has 0 heterocycles. The van der Waals surface area contributed by atoms with E-state index >= 15 is 0 Å². The normalized spacial score (nSPS) is 15.1. The van der Waals surface area contributed by atoms with Gasteiger partial charge in [-0.3, -0.25) is 0 Å². The molecule has 6 heteroatoms. The van der Waals surface area contributed by atoms with E-state index in [0.29, 0.717) is 18.8 Å². The van der Waals surface area contributed by atoms with Gasteiger partial charge in [0.15, 0.2) is 0 Å². The summed E-state index contributed by atoms with van der Waals surface area (Å²) in [5, 5.41) is 3.02. The summed E-state index contributed by atoms with van der Waals surface area (Å²) in [5.41, 5.74) is 0.914. The van der Waals surface area contributed by atoms with E-state index in [-0.39, 0.29) is 4.90 Å². The molecule has 0 unspecified atom stereocenters. The molecule has 0 atom stereocenters. The van der Waals surface area contributed by atoms with Crippen molar-refractivity contribution >= 4 is 10.0 Å². The maximum atomic E-state index is 12.4. The van der Waals surface area contributed by atoms with Crippen molar-refractivity contribution in [2.45, 2.75) is 37.1 Å². The van der Waals surface area contributed by atoms with Gasteiger partial charge < -0.3 is 10.1 Å².